The third-order valence-electron chi connectivity index (χ3n) is 5.56. The summed E-state index contributed by atoms with van der Waals surface area (Å²) in [6.45, 7) is 4.73. The second kappa shape index (κ2) is 6.15. The van der Waals surface area contributed by atoms with Gasteiger partial charge in [-0.15, -0.1) is 12.4 Å². The van der Waals surface area contributed by atoms with Crippen LogP contribution in [-0.2, 0) is 13.0 Å². The van der Waals surface area contributed by atoms with Gasteiger partial charge in [0.25, 0.3) is 0 Å². The second-order valence-corrected chi connectivity index (χ2v) is 6.70. The zero-order valence-corrected chi connectivity index (χ0v) is 13.7. The number of fused-ring (bicyclic) bond motifs is 3. The Kier molecular flexibility index (Phi) is 4.43. The van der Waals surface area contributed by atoms with Crippen LogP contribution in [0.5, 0.6) is 0 Å². The highest BCUT2D eigenvalue weighted by molar-refractivity contribution is 5.85. The Morgan fingerprint density at radius 2 is 2.05 bits per heavy atom. The number of likely N-dealkylation sites (N-methyl/N-ethyl adjacent to an activating group) is 1. The molecule has 3 aliphatic rings. The molecule has 1 aromatic rings. The number of hydrogen-bond donors (Lipinski definition) is 1. The normalized spacial score (nSPS) is 28.6. The smallest absolute Gasteiger partial charge is 0.0419 e. The van der Waals surface area contributed by atoms with Crippen molar-refractivity contribution in [2.75, 3.05) is 32.0 Å². The highest BCUT2D eigenvalue weighted by Crippen LogP contribution is 2.31. The molecular formula is C17H26ClN3. The lowest BCUT2D eigenvalue weighted by atomic mass is 10.1. The van der Waals surface area contributed by atoms with E-state index in [0.29, 0.717) is 0 Å². The van der Waals surface area contributed by atoms with Crippen molar-refractivity contribution in [3.8, 4) is 0 Å². The number of halogens is 1. The van der Waals surface area contributed by atoms with Crippen molar-refractivity contribution in [2.24, 2.45) is 0 Å². The number of nitrogens with one attached hydrogen (secondary N) is 1. The van der Waals surface area contributed by atoms with Crippen molar-refractivity contribution in [1.82, 2.24) is 9.80 Å². The third-order valence-corrected chi connectivity index (χ3v) is 5.56. The first-order chi connectivity index (χ1) is 9.81. The van der Waals surface area contributed by atoms with E-state index in [2.05, 4.69) is 40.4 Å². The van der Waals surface area contributed by atoms with E-state index in [1.165, 1.54) is 55.6 Å². The number of anilines is 1. The summed E-state index contributed by atoms with van der Waals surface area (Å²) in [7, 11) is 2.33. The van der Waals surface area contributed by atoms with E-state index in [0.717, 1.165) is 25.2 Å². The molecule has 116 valence electrons. The molecule has 4 heteroatoms. The van der Waals surface area contributed by atoms with Crippen molar-refractivity contribution in [2.45, 2.75) is 44.3 Å². The van der Waals surface area contributed by atoms with Crippen LogP contribution >= 0.6 is 12.4 Å². The fourth-order valence-corrected chi connectivity index (χ4v) is 4.31. The molecule has 0 aromatic heterocycles. The molecule has 2 bridgehead atoms. The van der Waals surface area contributed by atoms with Gasteiger partial charge in [-0.1, -0.05) is 18.2 Å². The van der Waals surface area contributed by atoms with Gasteiger partial charge in [-0.05, 0) is 43.9 Å². The van der Waals surface area contributed by atoms with E-state index in [-0.39, 0.29) is 12.4 Å². The van der Waals surface area contributed by atoms with Crippen LogP contribution in [0.3, 0.4) is 0 Å². The first kappa shape index (κ1) is 15.1. The topological polar surface area (TPSA) is 18.5 Å². The zero-order chi connectivity index (χ0) is 13.5. The molecule has 3 aliphatic heterocycles. The molecule has 2 saturated heterocycles. The van der Waals surface area contributed by atoms with Gasteiger partial charge >= 0.3 is 0 Å². The van der Waals surface area contributed by atoms with Gasteiger partial charge in [-0.3, -0.25) is 9.80 Å². The molecule has 4 rings (SSSR count). The standard InChI is InChI=1S/C17H25N3.ClH/c1-19-15-5-6-16(19)12-20(10-8-15)11-14-4-2-3-13-7-9-18-17(13)14;/h2-4,15-16,18H,5-12H2,1H3;1H. The van der Waals surface area contributed by atoms with E-state index < -0.39 is 0 Å². The second-order valence-electron chi connectivity index (χ2n) is 6.70. The number of likely N-dealkylation sites (tertiary alicyclic amines) is 1. The number of rotatable bonds is 2. The van der Waals surface area contributed by atoms with E-state index in [1.54, 1.807) is 0 Å². The molecule has 1 aromatic carbocycles. The molecule has 2 fully saturated rings. The van der Waals surface area contributed by atoms with Crippen molar-refractivity contribution in [3.63, 3.8) is 0 Å². The van der Waals surface area contributed by atoms with Crippen LogP contribution in [0, 0.1) is 0 Å². The SMILES string of the molecule is CN1C2CCC1CN(Cc1cccc3c1NCC3)CC2.Cl. The van der Waals surface area contributed by atoms with E-state index >= 15 is 0 Å². The van der Waals surface area contributed by atoms with Crippen LogP contribution in [0.4, 0.5) is 5.69 Å². The Morgan fingerprint density at radius 3 is 2.95 bits per heavy atom. The molecule has 3 nitrogen and oxygen atoms in total. The lowest BCUT2D eigenvalue weighted by molar-refractivity contribution is 0.215. The molecule has 21 heavy (non-hydrogen) atoms. The molecular weight excluding hydrogens is 282 g/mol. The van der Waals surface area contributed by atoms with Crippen LogP contribution < -0.4 is 5.32 Å². The van der Waals surface area contributed by atoms with Gasteiger partial charge in [0.2, 0.25) is 0 Å². The monoisotopic (exact) mass is 307 g/mol. The molecule has 2 unspecified atom stereocenters. The van der Waals surface area contributed by atoms with Crippen LogP contribution in [0.15, 0.2) is 18.2 Å². The predicted octanol–water partition coefficient (Wildman–Crippen LogP) is 2.74. The highest BCUT2D eigenvalue weighted by Gasteiger charge is 2.34. The van der Waals surface area contributed by atoms with Gasteiger partial charge < -0.3 is 5.32 Å². The predicted molar refractivity (Wildman–Crippen MR) is 90.4 cm³/mol. The number of benzene rings is 1. The fourth-order valence-electron chi connectivity index (χ4n) is 4.31. The minimum atomic E-state index is 0. The average molecular weight is 308 g/mol. The summed E-state index contributed by atoms with van der Waals surface area (Å²) in [6, 6.07) is 8.44. The lowest BCUT2D eigenvalue weighted by Gasteiger charge is -2.26. The number of para-hydroxylation sites is 1. The van der Waals surface area contributed by atoms with Crippen LogP contribution in [0.2, 0.25) is 0 Å². The van der Waals surface area contributed by atoms with Gasteiger partial charge in [0.1, 0.15) is 0 Å². The van der Waals surface area contributed by atoms with Crippen LogP contribution in [-0.4, -0.2) is 48.6 Å². The van der Waals surface area contributed by atoms with E-state index in [9.17, 15) is 0 Å². The molecule has 3 heterocycles. The van der Waals surface area contributed by atoms with Crippen molar-refractivity contribution in [3.05, 3.63) is 29.3 Å². The maximum Gasteiger partial charge on any atom is 0.0419 e. The minimum Gasteiger partial charge on any atom is -0.384 e. The van der Waals surface area contributed by atoms with Crippen molar-refractivity contribution >= 4 is 18.1 Å². The summed E-state index contributed by atoms with van der Waals surface area (Å²) in [5, 5.41) is 3.58. The van der Waals surface area contributed by atoms with Gasteiger partial charge in [0.05, 0.1) is 0 Å². The van der Waals surface area contributed by atoms with Crippen molar-refractivity contribution < 1.29 is 0 Å². The van der Waals surface area contributed by atoms with Gasteiger partial charge in [-0.25, -0.2) is 0 Å². The maximum atomic E-state index is 3.58. The third kappa shape index (κ3) is 2.79. The Hall–Kier alpha value is -0.770. The zero-order valence-electron chi connectivity index (χ0n) is 12.8. The molecule has 1 N–H and O–H groups in total. The Morgan fingerprint density at radius 1 is 1.19 bits per heavy atom. The number of nitrogens with zero attached hydrogens (tertiary/aromatic N) is 2. The molecule has 0 amide bonds. The van der Waals surface area contributed by atoms with Crippen LogP contribution in [0.1, 0.15) is 30.4 Å². The Balaban J connectivity index is 0.00000132. The summed E-state index contributed by atoms with van der Waals surface area (Å²) in [4.78, 5) is 5.31. The lowest BCUT2D eigenvalue weighted by Crippen LogP contribution is -2.36. The molecule has 0 radical (unpaired) electrons. The quantitative estimate of drug-likeness (QED) is 0.906. The van der Waals surface area contributed by atoms with Crippen molar-refractivity contribution in [1.29, 1.82) is 0 Å². The Bertz CT molecular complexity index is 505. The largest absolute Gasteiger partial charge is 0.384 e. The highest BCUT2D eigenvalue weighted by atomic mass is 35.5. The maximum absolute atomic E-state index is 3.58. The summed E-state index contributed by atoms with van der Waals surface area (Å²) >= 11 is 0. The molecule has 2 atom stereocenters. The summed E-state index contributed by atoms with van der Waals surface area (Å²) in [6.07, 6.45) is 5.34. The van der Waals surface area contributed by atoms with Gasteiger partial charge in [0, 0.05) is 44.0 Å². The molecule has 0 aliphatic carbocycles. The summed E-state index contributed by atoms with van der Waals surface area (Å²) in [5.41, 5.74) is 4.44. The summed E-state index contributed by atoms with van der Waals surface area (Å²) in [5.74, 6) is 0. The van der Waals surface area contributed by atoms with Crippen LogP contribution in [0.25, 0.3) is 0 Å². The Labute approximate surface area is 134 Å². The molecule has 0 saturated carbocycles. The first-order valence-electron chi connectivity index (χ1n) is 8.10. The minimum absolute atomic E-state index is 0. The van der Waals surface area contributed by atoms with Gasteiger partial charge in [0.15, 0.2) is 0 Å². The number of hydrogen-bond acceptors (Lipinski definition) is 3. The average Bonchev–Trinajstić information content (AvgIpc) is 2.99. The fraction of sp³-hybridized carbons (Fsp3) is 0.647. The molecule has 0 spiro atoms. The van der Waals surface area contributed by atoms with E-state index in [4.69, 9.17) is 0 Å². The van der Waals surface area contributed by atoms with Gasteiger partial charge in [-0.2, -0.15) is 0 Å². The van der Waals surface area contributed by atoms with E-state index in [1.807, 2.05) is 0 Å². The first-order valence-corrected chi connectivity index (χ1v) is 8.10. The summed E-state index contributed by atoms with van der Waals surface area (Å²) < 4.78 is 0.